The molecule has 0 saturated heterocycles. The van der Waals surface area contributed by atoms with Crippen LogP contribution >= 0.6 is 0 Å². The van der Waals surface area contributed by atoms with Gasteiger partial charge in [-0.1, -0.05) is 0 Å². The fourth-order valence-electron chi connectivity index (χ4n) is 4.06. The quantitative estimate of drug-likeness (QED) is 0.709. The van der Waals surface area contributed by atoms with Crippen LogP contribution in [0.3, 0.4) is 0 Å². The molecule has 0 spiro atoms. The van der Waals surface area contributed by atoms with Gasteiger partial charge in [0.05, 0.1) is 11.9 Å². The van der Waals surface area contributed by atoms with Gasteiger partial charge < -0.3 is 15.4 Å². The molecule has 2 heterocycles. The Bertz CT molecular complexity index is 839. The standard InChI is InChI=1S/C21H30N6O2/c1-27-19(11-14-3-4-14)17(12-23-27)18-9-10-22-21(26-18)25-16-7-5-15(6-8-16)24-20(28)13-29-2/h9-10,12,14-16H,3-8,11,13H2,1-2H3,(H,24,28)(H,22,25,26). The Labute approximate surface area is 171 Å². The number of amides is 1. The molecule has 4 rings (SSSR count). The summed E-state index contributed by atoms with van der Waals surface area (Å²) in [6.45, 7) is 0.121. The molecular formula is C21H30N6O2. The summed E-state index contributed by atoms with van der Waals surface area (Å²) in [5.74, 6) is 1.41. The van der Waals surface area contributed by atoms with Gasteiger partial charge in [0, 0.05) is 43.7 Å². The molecule has 1 amide bonds. The summed E-state index contributed by atoms with van der Waals surface area (Å²) in [6, 6.07) is 2.50. The van der Waals surface area contributed by atoms with Gasteiger partial charge in [-0.25, -0.2) is 9.97 Å². The number of carbonyl (C=O) groups is 1. The van der Waals surface area contributed by atoms with E-state index in [9.17, 15) is 4.79 Å². The highest BCUT2D eigenvalue weighted by atomic mass is 16.5. The van der Waals surface area contributed by atoms with E-state index >= 15 is 0 Å². The monoisotopic (exact) mass is 398 g/mol. The summed E-state index contributed by atoms with van der Waals surface area (Å²) in [5.41, 5.74) is 3.28. The number of carbonyl (C=O) groups excluding carboxylic acids is 1. The Balaban J connectivity index is 1.36. The van der Waals surface area contributed by atoms with E-state index in [-0.39, 0.29) is 18.6 Å². The van der Waals surface area contributed by atoms with Gasteiger partial charge >= 0.3 is 0 Å². The fraction of sp³-hybridized carbons (Fsp3) is 0.619. The number of methoxy groups -OCH3 is 1. The molecule has 2 aliphatic carbocycles. The Morgan fingerprint density at radius 1 is 1.21 bits per heavy atom. The van der Waals surface area contributed by atoms with Crippen LogP contribution < -0.4 is 10.6 Å². The first-order chi connectivity index (χ1) is 14.1. The Hall–Kier alpha value is -2.48. The molecule has 2 aromatic heterocycles. The summed E-state index contributed by atoms with van der Waals surface area (Å²) in [5, 5.41) is 11.0. The zero-order valence-electron chi connectivity index (χ0n) is 17.2. The lowest BCUT2D eigenvalue weighted by atomic mass is 9.91. The lowest BCUT2D eigenvalue weighted by Gasteiger charge is -2.29. The van der Waals surface area contributed by atoms with E-state index in [0.29, 0.717) is 12.0 Å². The Kier molecular flexibility index (Phi) is 6.08. The average molecular weight is 399 g/mol. The maximum atomic E-state index is 11.7. The van der Waals surface area contributed by atoms with Crippen LogP contribution in [0.1, 0.15) is 44.2 Å². The zero-order chi connectivity index (χ0) is 20.2. The first kappa shape index (κ1) is 19.8. The highest BCUT2D eigenvalue weighted by Gasteiger charge is 2.26. The van der Waals surface area contributed by atoms with Crippen molar-refractivity contribution in [2.75, 3.05) is 19.0 Å². The van der Waals surface area contributed by atoms with Crippen LogP contribution in [0.5, 0.6) is 0 Å². The molecule has 0 unspecified atom stereocenters. The molecule has 2 N–H and O–H groups in total. The van der Waals surface area contributed by atoms with E-state index in [0.717, 1.165) is 49.3 Å². The second kappa shape index (κ2) is 8.90. The lowest BCUT2D eigenvalue weighted by Crippen LogP contribution is -2.41. The summed E-state index contributed by atoms with van der Waals surface area (Å²) in [4.78, 5) is 20.9. The van der Waals surface area contributed by atoms with Crippen molar-refractivity contribution in [1.82, 2.24) is 25.1 Å². The highest BCUT2D eigenvalue weighted by Crippen LogP contribution is 2.35. The number of nitrogens with one attached hydrogen (secondary N) is 2. The number of rotatable bonds is 8. The lowest BCUT2D eigenvalue weighted by molar-refractivity contribution is -0.125. The van der Waals surface area contributed by atoms with Gasteiger partial charge in [-0.15, -0.1) is 0 Å². The summed E-state index contributed by atoms with van der Waals surface area (Å²) >= 11 is 0. The van der Waals surface area contributed by atoms with E-state index in [2.05, 4.69) is 20.7 Å². The number of aromatic nitrogens is 4. The normalized spacial score (nSPS) is 21.7. The molecular weight excluding hydrogens is 368 g/mol. The zero-order valence-corrected chi connectivity index (χ0v) is 17.2. The first-order valence-electron chi connectivity index (χ1n) is 10.5. The molecule has 29 heavy (non-hydrogen) atoms. The van der Waals surface area contributed by atoms with Gasteiger partial charge in [-0.3, -0.25) is 9.48 Å². The van der Waals surface area contributed by atoms with Crippen LogP contribution in [0.15, 0.2) is 18.5 Å². The molecule has 0 atom stereocenters. The maximum absolute atomic E-state index is 11.7. The van der Waals surface area contributed by atoms with Crippen molar-refractivity contribution >= 4 is 11.9 Å². The van der Waals surface area contributed by atoms with Crippen molar-refractivity contribution in [3.63, 3.8) is 0 Å². The average Bonchev–Trinajstić information content (AvgIpc) is 3.46. The molecule has 2 aliphatic rings. The van der Waals surface area contributed by atoms with Crippen molar-refractivity contribution in [1.29, 1.82) is 0 Å². The van der Waals surface area contributed by atoms with E-state index in [4.69, 9.17) is 9.72 Å². The molecule has 156 valence electrons. The number of anilines is 1. The van der Waals surface area contributed by atoms with Crippen LogP contribution in [0.25, 0.3) is 11.3 Å². The largest absolute Gasteiger partial charge is 0.375 e. The predicted octanol–water partition coefficient (Wildman–Crippen LogP) is 2.32. The van der Waals surface area contributed by atoms with Gasteiger partial charge in [-0.2, -0.15) is 5.10 Å². The molecule has 2 saturated carbocycles. The molecule has 2 aromatic rings. The molecule has 8 nitrogen and oxygen atoms in total. The van der Waals surface area contributed by atoms with E-state index in [1.165, 1.54) is 25.6 Å². The predicted molar refractivity (Wildman–Crippen MR) is 110 cm³/mol. The third kappa shape index (κ3) is 5.12. The molecule has 8 heteroatoms. The second-order valence-electron chi connectivity index (χ2n) is 8.23. The van der Waals surface area contributed by atoms with Crippen LogP contribution in [-0.2, 0) is 23.0 Å². The third-order valence-electron chi connectivity index (χ3n) is 5.87. The highest BCUT2D eigenvalue weighted by molar-refractivity contribution is 5.77. The fourth-order valence-corrected chi connectivity index (χ4v) is 4.06. The number of nitrogens with zero attached hydrogens (tertiary/aromatic N) is 4. The third-order valence-corrected chi connectivity index (χ3v) is 5.87. The topological polar surface area (TPSA) is 94.0 Å². The molecule has 0 aliphatic heterocycles. The van der Waals surface area contributed by atoms with E-state index < -0.39 is 0 Å². The smallest absolute Gasteiger partial charge is 0.246 e. The molecule has 0 aromatic carbocycles. The van der Waals surface area contributed by atoms with Crippen molar-refractivity contribution in [2.24, 2.45) is 13.0 Å². The van der Waals surface area contributed by atoms with Crippen molar-refractivity contribution in [3.8, 4) is 11.3 Å². The van der Waals surface area contributed by atoms with Crippen molar-refractivity contribution < 1.29 is 9.53 Å². The Morgan fingerprint density at radius 2 is 1.97 bits per heavy atom. The number of hydrogen-bond donors (Lipinski definition) is 2. The van der Waals surface area contributed by atoms with Crippen molar-refractivity contribution in [2.45, 2.75) is 57.0 Å². The first-order valence-corrected chi connectivity index (χ1v) is 10.5. The van der Waals surface area contributed by atoms with Crippen LogP contribution in [0, 0.1) is 5.92 Å². The number of hydrogen-bond acceptors (Lipinski definition) is 6. The van der Waals surface area contributed by atoms with Gasteiger partial charge in [-0.05, 0) is 56.9 Å². The summed E-state index contributed by atoms with van der Waals surface area (Å²) < 4.78 is 6.85. The Morgan fingerprint density at radius 3 is 2.69 bits per heavy atom. The van der Waals surface area contributed by atoms with E-state index in [1.807, 2.05) is 30.2 Å². The van der Waals surface area contributed by atoms with Gasteiger partial charge in [0.25, 0.3) is 0 Å². The summed E-state index contributed by atoms with van der Waals surface area (Å²) in [6.07, 6.45) is 11.3. The second-order valence-corrected chi connectivity index (χ2v) is 8.23. The van der Waals surface area contributed by atoms with Crippen molar-refractivity contribution in [3.05, 3.63) is 24.2 Å². The minimum Gasteiger partial charge on any atom is -0.375 e. The molecule has 0 bridgehead atoms. The number of aryl methyl sites for hydroxylation is 1. The summed E-state index contributed by atoms with van der Waals surface area (Å²) in [7, 11) is 3.54. The molecule has 2 fully saturated rings. The van der Waals surface area contributed by atoms with E-state index in [1.54, 1.807) is 0 Å². The molecule has 0 radical (unpaired) electrons. The maximum Gasteiger partial charge on any atom is 0.246 e. The van der Waals surface area contributed by atoms with Crippen LogP contribution in [0.4, 0.5) is 5.95 Å². The minimum absolute atomic E-state index is 0.0431. The van der Waals surface area contributed by atoms with Gasteiger partial charge in [0.15, 0.2) is 0 Å². The minimum atomic E-state index is -0.0431. The SMILES string of the molecule is COCC(=O)NC1CCC(Nc2nccc(-c3cnn(C)c3CC3CC3)n2)CC1. The van der Waals surface area contributed by atoms with Gasteiger partial charge in [0.1, 0.15) is 6.61 Å². The number of ether oxygens (including phenoxy) is 1. The van der Waals surface area contributed by atoms with Crippen LogP contribution in [-0.4, -0.2) is 51.5 Å². The van der Waals surface area contributed by atoms with Crippen LogP contribution in [0.2, 0.25) is 0 Å². The van der Waals surface area contributed by atoms with Gasteiger partial charge in [0.2, 0.25) is 11.9 Å².